The molecule has 5 nitrogen and oxygen atoms in total. The number of hydrogen-bond donors (Lipinski definition) is 2. The summed E-state index contributed by atoms with van der Waals surface area (Å²) in [4.78, 5) is 14.1. The standard InChI is InChI=1S/C19H23FN2O3/c1-19(2,24)13-22(12-14-7-5-4-6-8-14)18(23)21-15-9-10-17(25-3)16(20)11-15/h4-11,24H,12-13H2,1-3H3,(H,21,23). The molecule has 0 unspecified atom stereocenters. The Kier molecular flexibility index (Phi) is 5.98. The van der Waals surface area contributed by atoms with Crippen molar-refractivity contribution in [3.63, 3.8) is 0 Å². The number of anilines is 1. The number of amides is 2. The molecule has 2 aromatic carbocycles. The molecule has 2 rings (SSSR count). The lowest BCUT2D eigenvalue weighted by Gasteiger charge is -2.29. The summed E-state index contributed by atoms with van der Waals surface area (Å²) in [7, 11) is 1.38. The van der Waals surface area contributed by atoms with Crippen molar-refractivity contribution < 1.29 is 19.0 Å². The van der Waals surface area contributed by atoms with E-state index in [9.17, 15) is 14.3 Å². The number of halogens is 1. The highest BCUT2D eigenvalue weighted by molar-refractivity contribution is 5.89. The number of carbonyl (C=O) groups is 1. The van der Waals surface area contributed by atoms with Gasteiger partial charge < -0.3 is 20.1 Å². The number of nitrogens with one attached hydrogen (secondary N) is 1. The van der Waals surface area contributed by atoms with Crippen LogP contribution in [0.25, 0.3) is 0 Å². The summed E-state index contributed by atoms with van der Waals surface area (Å²) >= 11 is 0. The van der Waals surface area contributed by atoms with Gasteiger partial charge in [-0.15, -0.1) is 0 Å². The third-order valence-electron chi connectivity index (χ3n) is 3.48. The molecule has 0 saturated heterocycles. The Morgan fingerprint density at radius 2 is 1.92 bits per heavy atom. The molecule has 0 aromatic heterocycles. The first-order valence-corrected chi connectivity index (χ1v) is 7.94. The fourth-order valence-electron chi connectivity index (χ4n) is 2.42. The maximum Gasteiger partial charge on any atom is 0.322 e. The Labute approximate surface area is 147 Å². The Morgan fingerprint density at radius 3 is 2.48 bits per heavy atom. The van der Waals surface area contributed by atoms with E-state index in [1.807, 2.05) is 30.3 Å². The van der Waals surface area contributed by atoms with Gasteiger partial charge in [0, 0.05) is 18.3 Å². The zero-order chi connectivity index (χ0) is 18.4. The summed E-state index contributed by atoms with van der Waals surface area (Å²) in [6, 6.07) is 13.2. The Balaban J connectivity index is 2.15. The molecule has 2 N–H and O–H groups in total. The average Bonchev–Trinajstić information content (AvgIpc) is 2.54. The first-order valence-electron chi connectivity index (χ1n) is 7.94. The highest BCUT2D eigenvalue weighted by Crippen LogP contribution is 2.21. The molecular weight excluding hydrogens is 323 g/mol. The van der Waals surface area contributed by atoms with Crippen molar-refractivity contribution in [1.29, 1.82) is 0 Å². The first kappa shape index (κ1) is 18.7. The first-order chi connectivity index (χ1) is 11.8. The lowest BCUT2D eigenvalue weighted by molar-refractivity contribution is 0.0469. The van der Waals surface area contributed by atoms with Gasteiger partial charge in [0.2, 0.25) is 0 Å². The smallest absolute Gasteiger partial charge is 0.322 e. The SMILES string of the molecule is COc1ccc(NC(=O)N(Cc2ccccc2)CC(C)(C)O)cc1F. The fraction of sp³-hybridized carbons (Fsp3) is 0.316. The topological polar surface area (TPSA) is 61.8 Å². The molecule has 0 aliphatic rings. The van der Waals surface area contributed by atoms with Crippen LogP contribution < -0.4 is 10.1 Å². The normalized spacial score (nSPS) is 11.1. The molecule has 0 fully saturated rings. The minimum absolute atomic E-state index is 0.107. The third kappa shape index (κ3) is 5.76. The third-order valence-corrected chi connectivity index (χ3v) is 3.48. The van der Waals surface area contributed by atoms with Crippen LogP contribution in [0, 0.1) is 5.82 Å². The number of nitrogens with zero attached hydrogens (tertiary/aromatic N) is 1. The summed E-state index contributed by atoms with van der Waals surface area (Å²) < 4.78 is 18.7. The van der Waals surface area contributed by atoms with Crippen LogP contribution in [-0.4, -0.2) is 35.3 Å². The maximum absolute atomic E-state index is 13.8. The van der Waals surface area contributed by atoms with Gasteiger partial charge in [0.05, 0.1) is 19.3 Å². The number of methoxy groups -OCH3 is 1. The Hall–Kier alpha value is -2.60. The van der Waals surface area contributed by atoms with Gasteiger partial charge in [-0.25, -0.2) is 9.18 Å². The quantitative estimate of drug-likeness (QED) is 0.839. The predicted molar refractivity (Wildman–Crippen MR) is 95.1 cm³/mol. The second-order valence-electron chi connectivity index (χ2n) is 6.43. The average molecular weight is 346 g/mol. The summed E-state index contributed by atoms with van der Waals surface area (Å²) in [6.07, 6.45) is 0. The Bertz CT molecular complexity index is 714. The molecule has 0 saturated carbocycles. The van der Waals surface area contributed by atoms with Gasteiger partial charge in [-0.05, 0) is 31.5 Å². The minimum Gasteiger partial charge on any atom is -0.494 e. The van der Waals surface area contributed by atoms with E-state index in [1.165, 1.54) is 24.1 Å². The van der Waals surface area contributed by atoms with E-state index in [2.05, 4.69) is 5.32 Å². The van der Waals surface area contributed by atoms with Crippen LogP contribution in [0.15, 0.2) is 48.5 Å². The maximum atomic E-state index is 13.8. The van der Waals surface area contributed by atoms with Crippen molar-refractivity contribution >= 4 is 11.7 Å². The van der Waals surface area contributed by atoms with Gasteiger partial charge in [0.25, 0.3) is 0 Å². The van der Waals surface area contributed by atoms with Crippen molar-refractivity contribution in [2.75, 3.05) is 19.0 Å². The number of hydrogen-bond acceptors (Lipinski definition) is 3. The molecule has 0 aliphatic carbocycles. The lowest BCUT2D eigenvalue weighted by Crippen LogP contribution is -2.43. The fourth-order valence-corrected chi connectivity index (χ4v) is 2.42. The van der Waals surface area contributed by atoms with E-state index in [0.717, 1.165) is 5.56 Å². The number of carbonyl (C=O) groups excluding carboxylic acids is 1. The van der Waals surface area contributed by atoms with Crippen LogP contribution in [0.2, 0.25) is 0 Å². The molecule has 6 heteroatoms. The molecular formula is C19H23FN2O3. The van der Waals surface area contributed by atoms with E-state index >= 15 is 0 Å². The molecule has 134 valence electrons. The van der Waals surface area contributed by atoms with Crippen LogP contribution in [0.4, 0.5) is 14.9 Å². The van der Waals surface area contributed by atoms with Gasteiger partial charge in [0.15, 0.2) is 11.6 Å². The van der Waals surface area contributed by atoms with E-state index in [4.69, 9.17) is 4.74 Å². The van der Waals surface area contributed by atoms with Crippen molar-refractivity contribution in [1.82, 2.24) is 4.90 Å². The van der Waals surface area contributed by atoms with Crippen LogP contribution in [0.5, 0.6) is 5.75 Å². The van der Waals surface area contributed by atoms with Crippen molar-refractivity contribution in [3.8, 4) is 5.75 Å². The Morgan fingerprint density at radius 1 is 1.24 bits per heavy atom. The molecule has 0 aliphatic heterocycles. The zero-order valence-corrected chi connectivity index (χ0v) is 14.6. The number of ether oxygens (including phenoxy) is 1. The summed E-state index contributed by atoms with van der Waals surface area (Å²) in [6.45, 7) is 3.72. The van der Waals surface area contributed by atoms with E-state index in [-0.39, 0.29) is 12.3 Å². The van der Waals surface area contributed by atoms with Crippen molar-refractivity contribution in [3.05, 3.63) is 59.9 Å². The van der Waals surface area contributed by atoms with Crippen LogP contribution in [0.3, 0.4) is 0 Å². The lowest BCUT2D eigenvalue weighted by atomic mass is 10.1. The van der Waals surface area contributed by atoms with E-state index < -0.39 is 17.4 Å². The molecule has 0 heterocycles. The summed E-state index contributed by atoms with van der Waals surface area (Å²) in [5.41, 5.74) is 0.192. The highest BCUT2D eigenvalue weighted by atomic mass is 19.1. The zero-order valence-electron chi connectivity index (χ0n) is 14.6. The summed E-state index contributed by atoms with van der Waals surface area (Å²) in [5, 5.41) is 12.8. The van der Waals surface area contributed by atoms with Crippen LogP contribution in [0.1, 0.15) is 19.4 Å². The number of benzene rings is 2. The van der Waals surface area contributed by atoms with Crippen molar-refractivity contribution in [2.45, 2.75) is 26.0 Å². The molecule has 2 amide bonds. The summed E-state index contributed by atoms with van der Waals surface area (Å²) in [5.74, 6) is -0.451. The molecule has 25 heavy (non-hydrogen) atoms. The molecule has 0 atom stereocenters. The molecule has 0 radical (unpaired) electrons. The monoisotopic (exact) mass is 346 g/mol. The van der Waals surface area contributed by atoms with Gasteiger partial charge in [0.1, 0.15) is 0 Å². The van der Waals surface area contributed by atoms with Crippen LogP contribution >= 0.6 is 0 Å². The second kappa shape index (κ2) is 7.98. The van der Waals surface area contributed by atoms with E-state index in [0.29, 0.717) is 12.2 Å². The second-order valence-corrected chi connectivity index (χ2v) is 6.43. The van der Waals surface area contributed by atoms with Crippen molar-refractivity contribution in [2.24, 2.45) is 0 Å². The van der Waals surface area contributed by atoms with E-state index in [1.54, 1.807) is 19.9 Å². The number of aliphatic hydroxyl groups is 1. The van der Waals surface area contributed by atoms with Gasteiger partial charge in [-0.1, -0.05) is 30.3 Å². The van der Waals surface area contributed by atoms with Gasteiger partial charge >= 0.3 is 6.03 Å². The largest absolute Gasteiger partial charge is 0.494 e. The molecule has 2 aromatic rings. The molecule has 0 spiro atoms. The van der Waals surface area contributed by atoms with Gasteiger partial charge in [-0.2, -0.15) is 0 Å². The predicted octanol–water partition coefficient (Wildman–Crippen LogP) is 3.64. The number of rotatable bonds is 6. The highest BCUT2D eigenvalue weighted by Gasteiger charge is 2.23. The molecule has 0 bridgehead atoms. The minimum atomic E-state index is -1.06. The van der Waals surface area contributed by atoms with Gasteiger partial charge in [-0.3, -0.25) is 0 Å². The van der Waals surface area contributed by atoms with Crippen LogP contribution in [-0.2, 0) is 6.54 Å². The number of urea groups is 1.